The van der Waals surface area contributed by atoms with Gasteiger partial charge in [0.2, 0.25) is 4.96 Å². The summed E-state index contributed by atoms with van der Waals surface area (Å²) in [5.74, 6) is -0.158. The van der Waals surface area contributed by atoms with Gasteiger partial charge in [-0.3, -0.25) is 0 Å². The first-order chi connectivity index (χ1) is 9.21. The van der Waals surface area contributed by atoms with Gasteiger partial charge in [0.1, 0.15) is 5.01 Å². The minimum atomic E-state index is -0.390. The van der Waals surface area contributed by atoms with Crippen LogP contribution in [0.15, 0.2) is 24.4 Å². The minimum Gasteiger partial charge on any atom is -0.494 e. The number of methoxy groups -OCH3 is 1. The van der Waals surface area contributed by atoms with E-state index in [1.165, 1.54) is 13.2 Å². The molecule has 0 saturated carbocycles. The molecule has 0 saturated heterocycles. The number of ether oxygens (including phenoxy) is 1. The summed E-state index contributed by atoms with van der Waals surface area (Å²) in [7, 11) is 1.45. The summed E-state index contributed by atoms with van der Waals surface area (Å²) in [6.07, 6.45) is 2.70. The summed E-state index contributed by atoms with van der Waals surface area (Å²) >= 11 is 1.55. The molecular weight excluding hydrogens is 265 g/mol. The summed E-state index contributed by atoms with van der Waals surface area (Å²) in [6, 6.07) is 4.81. The molecule has 0 N–H and O–H groups in total. The summed E-state index contributed by atoms with van der Waals surface area (Å²) in [6.45, 7) is 2.05. The number of hydrogen-bond donors (Lipinski definition) is 0. The SMILES string of the molecule is CCc1nn2cc(-c3ccc(OC)c(F)c3)nc2s1. The van der Waals surface area contributed by atoms with Crippen molar-refractivity contribution in [2.24, 2.45) is 0 Å². The average molecular weight is 277 g/mol. The molecule has 0 aliphatic carbocycles. The largest absolute Gasteiger partial charge is 0.494 e. The van der Waals surface area contributed by atoms with Gasteiger partial charge in [-0.2, -0.15) is 5.10 Å². The van der Waals surface area contributed by atoms with Crippen LogP contribution in [0.1, 0.15) is 11.9 Å². The van der Waals surface area contributed by atoms with Crippen LogP contribution in [0.4, 0.5) is 4.39 Å². The van der Waals surface area contributed by atoms with Crippen LogP contribution in [0, 0.1) is 5.82 Å². The highest BCUT2D eigenvalue weighted by atomic mass is 32.1. The maximum Gasteiger partial charge on any atom is 0.212 e. The highest BCUT2D eigenvalue weighted by Crippen LogP contribution is 2.26. The van der Waals surface area contributed by atoms with Crippen LogP contribution in [0.3, 0.4) is 0 Å². The van der Waals surface area contributed by atoms with Crippen molar-refractivity contribution >= 4 is 16.3 Å². The number of aryl methyl sites for hydroxylation is 1. The lowest BCUT2D eigenvalue weighted by Crippen LogP contribution is -1.88. The Labute approximate surface area is 113 Å². The van der Waals surface area contributed by atoms with Crippen LogP contribution in [0.5, 0.6) is 5.75 Å². The van der Waals surface area contributed by atoms with Crippen molar-refractivity contribution in [3.8, 4) is 17.0 Å². The zero-order chi connectivity index (χ0) is 13.4. The second kappa shape index (κ2) is 4.62. The highest BCUT2D eigenvalue weighted by Gasteiger charge is 2.11. The number of aromatic nitrogens is 3. The number of rotatable bonds is 3. The lowest BCUT2D eigenvalue weighted by molar-refractivity contribution is 0.386. The van der Waals surface area contributed by atoms with Crippen molar-refractivity contribution in [3.63, 3.8) is 0 Å². The molecule has 1 aromatic carbocycles. The second-order valence-corrected chi connectivity index (χ2v) is 5.09. The molecule has 0 spiro atoms. The number of hydrogen-bond acceptors (Lipinski definition) is 4. The fourth-order valence-corrected chi connectivity index (χ4v) is 2.66. The molecule has 3 rings (SSSR count). The van der Waals surface area contributed by atoms with Crippen LogP contribution in [-0.4, -0.2) is 21.7 Å². The van der Waals surface area contributed by atoms with Crippen LogP contribution >= 0.6 is 11.3 Å². The number of imidazole rings is 1. The lowest BCUT2D eigenvalue weighted by Gasteiger charge is -2.02. The van der Waals surface area contributed by atoms with E-state index >= 15 is 0 Å². The summed E-state index contributed by atoms with van der Waals surface area (Å²) in [5.41, 5.74) is 1.43. The third-order valence-corrected chi connectivity index (χ3v) is 3.90. The fourth-order valence-electron chi connectivity index (χ4n) is 1.85. The average Bonchev–Trinajstić information content (AvgIpc) is 2.96. The molecule has 0 radical (unpaired) electrons. The number of nitrogens with zero attached hydrogens (tertiary/aromatic N) is 3. The molecule has 0 unspecified atom stereocenters. The van der Waals surface area contributed by atoms with Crippen molar-refractivity contribution in [2.45, 2.75) is 13.3 Å². The van der Waals surface area contributed by atoms with Crippen LogP contribution in [0.25, 0.3) is 16.2 Å². The van der Waals surface area contributed by atoms with Gasteiger partial charge in [0.05, 0.1) is 19.0 Å². The van der Waals surface area contributed by atoms with Gasteiger partial charge >= 0.3 is 0 Å². The van der Waals surface area contributed by atoms with E-state index in [1.807, 2.05) is 6.20 Å². The molecule has 0 amide bonds. The van der Waals surface area contributed by atoms with Gasteiger partial charge in [-0.25, -0.2) is 13.9 Å². The molecule has 98 valence electrons. The predicted molar refractivity (Wildman–Crippen MR) is 72.2 cm³/mol. The summed E-state index contributed by atoms with van der Waals surface area (Å²) in [5, 5.41) is 5.42. The van der Waals surface area contributed by atoms with E-state index in [2.05, 4.69) is 17.0 Å². The van der Waals surface area contributed by atoms with Crippen molar-refractivity contribution in [2.75, 3.05) is 7.11 Å². The molecule has 0 bridgehead atoms. The van der Waals surface area contributed by atoms with Gasteiger partial charge < -0.3 is 4.74 Å². The molecule has 19 heavy (non-hydrogen) atoms. The van der Waals surface area contributed by atoms with E-state index in [1.54, 1.807) is 28.0 Å². The Morgan fingerprint density at radius 1 is 1.42 bits per heavy atom. The molecule has 0 fully saturated rings. The Morgan fingerprint density at radius 2 is 2.26 bits per heavy atom. The van der Waals surface area contributed by atoms with Crippen LogP contribution in [0.2, 0.25) is 0 Å². The van der Waals surface area contributed by atoms with Crippen molar-refractivity contribution in [1.29, 1.82) is 0 Å². The molecule has 2 aromatic heterocycles. The molecule has 0 aliphatic rings. The van der Waals surface area contributed by atoms with Gasteiger partial charge in [-0.15, -0.1) is 0 Å². The Kier molecular flexibility index (Phi) is 2.94. The Morgan fingerprint density at radius 3 is 2.89 bits per heavy atom. The monoisotopic (exact) mass is 277 g/mol. The highest BCUT2D eigenvalue weighted by molar-refractivity contribution is 7.16. The number of fused-ring (bicyclic) bond motifs is 1. The predicted octanol–water partition coefficient (Wildman–Crippen LogP) is 3.17. The Balaban J connectivity index is 2.03. The quantitative estimate of drug-likeness (QED) is 0.738. The van der Waals surface area contributed by atoms with Crippen molar-refractivity contribution in [3.05, 3.63) is 35.2 Å². The molecule has 3 aromatic rings. The van der Waals surface area contributed by atoms with E-state index in [4.69, 9.17) is 4.74 Å². The van der Waals surface area contributed by atoms with E-state index < -0.39 is 5.82 Å². The van der Waals surface area contributed by atoms with Crippen molar-refractivity contribution in [1.82, 2.24) is 14.6 Å². The third kappa shape index (κ3) is 2.08. The maximum atomic E-state index is 13.7. The minimum absolute atomic E-state index is 0.233. The fraction of sp³-hybridized carbons (Fsp3) is 0.231. The van der Waals surface area contributed by atoms with E-state index in [-0.39, 0.29) is 5.75 Å². The molecule has 2 heterocycles. The van der Waals surface area contributed by atoms with E-state index in [0.29, 0.717) is 11.3 Å². The normalized spacial score (nSPS) is 11.1. The first-order valence-corrected chi connectivity index (χ1v) is 6.72. The van der Waals surface area contributed by atoms with E-state index in [9.17, 15) is 4.39 Å². The zero-order valence-electron chi connectivity index (χ0n) is 10.6. The molecule has 6 heteroatoms. The third-order valence-electron chi connectivity index (χ3n) is 2.84. The maximum absolute atomic E-state index is 13.7. The second-order valence-electron chi connectivity index (χ2n) is 4.05. The van der Waals surface area contributed by atoms with Gasteiger partial charge in [0.25, 0.3) is 0 Å². The first-order valence-electron chi connectivity index (χ1n) is 5.90. The van der Waals surface area contributed by atoms with Crippen LogP contribution in [-0.2, 0) is 6.42 Å². The van der Waals surface area contributed by atoms with E-state index in [0.717, 1.165) is 16.4 Å². The van der Waals surface area contributed by atoms with Gasteiger partial charge in [0, 0.05) is 5.56 Å². The molecule has 4 nitrogen and oxygen atoms in total. The molecular formula is C13H12FN3OS. The van der Waals surface area contributed by atoms with Gasteiger partial charge in [-0.05, 0) is 24.6 Å². The Bertz CT molecular complexity index is 703. The Hall–Kier alpha value is -1.95. The number of halogens is 1. The zero-order valence-corrected chi connectivity index (χ0v) is 11.4. The topological polar surface area (TPSA) is 39.4 Å². The number of benzene rings is 1. The van der Waals surface area contributed by atoms with Crippen molar-refractivity contribution < 1.29 is 9.13 Å². The smallest absolute Gasteiger partial charge is 0.212 e. The summed E-state index contributed by atoms with van der Waals surface area (Å²) < 4.78 is 20.3. The van der Waals surface area contributed by atoms with Gasteiger partial charge in [0.15, 0.2) is 11.6 Å². The summed E-state index contributed by atoms with van der Waals surface area (Å²) in [4.78, 5) is 5.28. The van der Waals surface area contributed by atoms with Gasteiger partial charge in [-0.1, -0.05) is 18.3 Å². The standard InChI is InChI=1S/C13H12FN3OS/c1-3-12-16-17-7-10(15-13(17)19-12)8-4-5-11(18-2)9(14)6-8/h4-7H,3H2,1-2H3. The lowest BCUT2D eigenvalue weighted by atomic mass is 10.1. The first kappa shape index (κ1) is 12.1. The molecule has 0 atom stereocenters. The van der Waals surface area contributed by atoms with Crippen LogP contribution < -0.4 is 4.74 Å². The molecule has 0 aliphatic heterocycles.